The van der Waals surface area contributed by atoms with Crippen molar-refractivity contribution in [2.75, 3.05) is 0 Å². The Bertz CT molecular complexity index is 658. The molecule has 0 amide bonds. The maximum atomic E-state index is 11.2. The van der Waals surface area contributed by atoms with Gasteiger partial charge in [0.25, 0.3) is 0 Å². The lowest BCUT2D eigenvalue weighted by molar-refractivity contribution is -0.117. The number of rotatable bonds is 13. The highest BCUT2D eigenvalue weighted by molar-refractivity contribution is 6.74. The summed E-state index contributed by atoms with van der Waals surface area (Å²) in [5.74, 6) is 1.59. The number of aliphatic hydroxyl groups is 1. The number of ketones is 1. The normalized spacial score (nSPS) is 27.1. The molecule has 32 heavy (non-hydrogen) atoms. The number of fused-ring (bicyclic) bond motifs is 1. The Balaban J connectivity index is 1.99. The van der Waals surface area contributed by atoms with Gasteiger partial charge in [-0.1, -0.05) is 70.8 Å². The van der Waals surface area contributed by atoms with Crippen molar-refractivity contribution in [2.24, 2.45) is 17.8 Å². The molecule has 1 fully saturated rings. The quantitative estimate of drug-likeness (QED) is 0.174. The molecule has 0 bridgehead atoms. The van der Waals surface area contributed by atoms with Crippen LogP contribution >= 0.6 is 0 Å². The van der Waals surface area contributed by atoms with Crippen LogP contribution < -0.4 is 0 Å². The molecule has 0 aromatic heterocycles. The number of unbranched alkanes of at least 4 members (excludes halogenated alkanes) is 3. The molecule has 0 radical (unpaired) electrons. The molecule has 0 saturated heterocycles. The van der Waals surface area contributed by atoms with E-state index in [1.165, 1.54) is 19.3 Å². The largest absolute Gasteiger partial charge is 0.411 e. The highest BCUT2D eigenvalue weighted by Crippen LogP contribution is 2.48. The predicted octanol–water partition coefficient (Wildman–Crippen LogP) is 7.61. The first-order valence-electron chi connectivity index (χ1n) is 13.2. The van der Waals surface area contributed by atoms with E-state index in [4.69, 9.17) is 4.43 Å². The summed E-state index contributed by atoms with van der Waals surface area (Å²) in [7, 11) is -1.83. The third-order valence-corrected chi connectivity index (χ3v) is 12.6. The van der Waals surface area contributed by atoms with Crippen molar-refractivity contribution >= 4 is 14.1 Å². The van der Waals surface area contributed by atoms with Crippen LogP contribution in [0.5, 0.6) is 0 Å². The Kier molecular flexibility index (Phi) is 10.4. The standard InChI is InChI=1S/C28H50O3Si/c1-8-9-10-15-24(31-32(6,7)28(3,4)5)16-17-25-26-19-22(14-12-11-13-21(2)29)18-23(26)20-27(25)30/h16-18,23-27,30H,8-15,19-20H2,1-7H3/b17-16+/t23-,24+,25+,26-,27+/m1/s1. The van der Waals surface area contributed by atoms with Crippen molar-refractivity contribution in [1.82, 2.24) is 0 Å². The van der Waals surface area contributed by atoms with E-state index < -0.39 is 8.32 Å². The Morgan fingerprint density at radius 1 is 1.25 bits per heavy atom. The summed E-state index contributed by atoms with van der Waals surface area (Å²) in [5.41, 5.74) is 1.55. The zero-order valence-electron chi connectivity index (χ0n) is 22.0. The van der Waals surface area contributed by atoms with Gasteiger partial charge >= 0.3 is 0 Å². The fourth-order valence-corrected chi connectivity index (χ4v) is 6.42. The molecule has 184 valence electrons. The first-order valence-corrected chi connectivity index (χ1v) is 16.1. The van der Waals surface area contributed by atoms with Crippen molar-refractivity contribution in [3.05, 3.63) is 23.8 Å². The fraction of sp³-hybridized carbons (Fsp3) is 0.821. The number of allylic oxidation sites excluding steroid dienone is 2. The van der Waals surface area contributed by atoms with Crippen LogP contribution in [0.1, 0.15) is 98.8 Å². The number of aliphatic hydroxyl groups excluding tert-OH is 1. The fourth-order valence-electron chi connectivity index (χ4n) is 5.11. The van der Waals surface area contributed by atoms with Crippen LogP contribution in [0.25, 0.3) is 0 Å². The second-order valence-corrected chi connectivity index (χ2v) is 16.7. The molecule has 2 rings (SSSR count). The van der Waals surface area contributed by atoms with E-state index in [1.807, 2.05) is 0 Å². The average molecular weight is 463 g/mol. The van der Waals surface area contributed by atoms with E-state index in [9.17, 15) is 9.90 Å². The maximum absolute atomic E-state index is 11.2. The second kappa shape index (κ2) is 12.1. The highest BCUT2D eigenvalue weighted by Gasteiger charge is 2.43. The van der Waals surface area contributed by atoms with E-state index >= 15 is 0 Å². The van der Waals surface area contributed by atoms with Crippen LogP contribution in [0.15, 0.2) is 23.8 Å². The molecule has 0 aromatic carbocycles. The number of hydrogen-bond donors (Lipinski definition) is 1. The first-order chi connectivity index (χ1) is 14.9. The molecule has 0 unspecified atom stereocenters. The van der Waals surface area contributed by atoms with Gasteiger partial charge in [-0.3, -0.25) is 0 Å². The third kappa shape index (κ3) is 7.95. The van der Waals surface area contributed by atoms with Gasteiger partial charge in [-0.15, -0.1) is 0 Å². The maximum Gasteiger partial charge on any atom is 0.192 e. The highest BCUT2D eigenvalue weighted by atomic mass is 28.4. The van der Waals surface area contributed by atoms with Gasteiger partial charge in [0.2, 0.25) is 0 Å². The average Bonchev–Trinajstić information content (AvgIpc) is 3.18. The van der Waals surface area contributed by atoms with Crippen molar-refractivity contribution < 1.29 is 14.3 Å². The molecule has 1 N–H and O–H groups in total. The van der Waals surface area contributed by atoms with Gasteiger partial charge in [0, 0.05) is 12.3 Å². The zero-order valence-corrected chi connectivity index (χ0v) is 23.0. The summed E-state index contributed by atoms with van der Waals surface area (Å²) in [6.45, 7) is 15.5. The summed E-state index contributed by atoms with van der Waals surface area (Å²) in [6.07, 6.45) is 17.7. The summed E-state index contributed by atoms with van der Waals surface area (Å²) >= 11 is 0. The van der Waals surface area contributed by atoms with Gasteiger partial charge in [0.1, 0.15) is 5.78 Å². The van der Waals surface area contributed by atoms with Crippen molar-refractivity contribution in [1.29, 1.82) is 0 Å². The van der Waals surface area contributed by atoms with Crippen molar-refractivity contribution in [3.8, 4) is 0 Å². The van der Waals surface area contributed by atoms with E-state index in [0.717, 1.165) is 38.5 Å². The Morgan fingerprint density at radius 3 is 2.59 bits per heavy atom. The first kappa shape index (κ1) is 27.5. The van der Waals surface area contributed by atoms with Gasteiger partial charge in [0.05, 0.1) is 12.2 Å². The molecular weight excluding hydrogens is 412 g/mol. The topological polar surface area (TPSA) is 46.5 Å². The molecule has 3 nitrogen and oxygen atoms in total. The van der Waals surface area contributed by atoms with Crippen LogP contribution in [-0.2, 0) is 9.22 Å². The molecule has 0 aromatic rings. The Labute approximate surface area is 199 Å². The van der Waals surface area contributed by atoms with Crippen molar-refractivity contribution in [2.45, 2.75) is 129 Å². The monoisotopic (exact) mass is 462 g/mol. The minimum Gasteiger partial charge on any atom is -0.411 e. The van der Waals surface area contributed by atoms with E-state index in [2.05, 4.69) is 59.0 Å². The van der Waals surface area contributed by atoms with Gasteiger partial charge in [-0.25, -0.2) is 0 Å². The van der Waals surface area contributed by atoms with Gasteiger partial charge in [-0.2, -0.15) is 0 Å². The third-order valence-electron chi connectivity index (χ3n) is 8.12. The minimum atomic E-state index is -1.83. The predicted molar refractivity (Wildman–Crippen MR) is 138 cm³/mol. The number of Topliss-reactive ketones (excluding diaryl/α,β-unsaturated/α-hetero) is 1. The molecule has 0 heterocycles. The second-order valence-electron chi connectivity index (χ2n) is 11.9. The summed E-state index contributed by atoms with van der Waals surface area (Å²) in [5, 5.41) is 11.0. The Hall–Kier alpha value is -0.713. The molecule has 1 saturated carbocycles. The number of carbonyl (C=O) groups excluding carboxylic acids is 1. The molecule has 0 spiro atoms. The molecule has 4 heteroatoms. The summed E-state index contributed by atoms with van der Waals surface area (Å²) in [4.78, 5) is 11.2. The molecule has 2 aliphatic carbocycles. The lowest BCUT2D eigenvalue weighted by atomic mass is 9.88. The van der Waals surface area contributed by atoms with Gasteiger partial charge in [-0.05, 0) is 75.4 Å². The SMILES string of the molecule is CCCCC[C@@H](/C=C/[C@H]1[C@@H]2CC(CCCCC(C)=O)=C[C@@H]2C[C@@H]1O)O[Si](C)(C)C(C)(C)C. The number of hydrogen-bond acceptors (Lipinski definition) is 3. The molecule has 0 aliphatic heterocycles. The van der Waals surface area contributed by atoms with E-state index in [-0.39, 0.29) is 23.2 Å². The lowest BCUT2D eigenvalue weighted by Crippen LogP contribution is -2.43. The lowest BCUT2D eigenvalue weighted by Gasteiger charge is -2.39. The summed E-state index contributed by atoms with van der Waals surface area (Å²) < 4.78 is 6.79. The Morgan fingerprint density at radius 2 is 1.97 bits per heavy atom. The smallest absolute Gasteiger partial charge is 0.192 e. The van der Waals surface area contributed by atoms with E-state index in [0.29, 0.717) is 24.0 Å². The molecular formula is C28H50O3Si. The van der Waals surface area contributed by atoms with Gasteiger partial charge in [0.15, 0.2) is 8.32 Å². The minimum absolute atomic E-state index is 0.161. The van der Waals surface area contributed by atoms with Crippen LogP contribution in [-0.4, -0.2) is 31.4 Å². The van der Waals surface area contributed by atoms with Crippen LogP contribution in [0.4, 0.5) is 0 Å². The van der Waals surface area contributed by atoms with Gasteiger partial charge < -0.3 is 14.3 Å². The molecule has 2 aliphatic rings. The van der Waals surface area contributed by atoms with Crippen LogP contribution in [0, 0.1) is 17.8 Å². The summed E-state index contributed by atoms with van der Waals surface area (Å²) in [6, 6.07) is 0. The molecule has 5 atom stereocenters. The van der Waals surface area contributed by atoms with Crippen LogP contribution in [0.3, 0.4) is 0 Å². The van der Waals surface area contributed by atoms with Crippen molar-refractivity contribution in [3.63, 3.8) is 0 Å². The zero-order chi connectivity index (χ0) is 23.9. The van der Waals surface area contributed by atoms with E-state index in [1.54, 1.807) is 12.5 Å². The number of carbonyl (C=O) groups is 1. The van der Waals surface area contributed by atoms with Crippen LogP contribution in [0.2, 0.25) is 18.1 Å².